The number of rotatable bonds is 6. The third-order valence-electron chi connectivity index (χ3n) is 3.41. The van der Waals surface area contributed by atoms with Gasteiger partial charge in [-0.05, 0) is 0 Å². The fourth-order valence-electron chi connectivity index (χ4n) is 2.39. The molecule has 0 aliphatic carbocycles. The van der Waals surface area contributed by atoms with Gasteiger partial charge in [0.1, 0.15) is 0 Å². The van der Waals surface area contributed by atoms with Crippen molar-refractivity contribution in [2.45, 2.75) is 38.3 Å². The zero-order chi connectivity index (χ0) is 16.0. The summed E-state index contributed by atoms with van der Waals surface area (Å²) in [6.45, 7) is 9.42. The molecule has 116 valence electrons. The van der Waals surface area contributed by atoms with Gasteiger partial charge in [-0.3, -0.25) is 0 Å². The van der Waals surface area contributed by atoms with E-state index in [0.29, 0.717) is 15.0 Å². The molecule has 0 heterocycles. The maximum atomic E-state index is 2.58. The van der Waals surface area contributed by atoms with Crippen LogP contribution in [0.15, 0.2) is 60.3 Å². The van der Waals surface area contributed by atoms with E-state index >= 15 is 0 Å². The summed E-state index contributed by atoms with van der Waals surface area (Å²) in [5, 5.41) is 1.28. The summed E-state index contributed by atoms with van der Waals surface area (Å²) in [5.74, 6) is 0. The Kier molecular flexibility index (Phi) is 6.25. The zero-order valence-corrected chi connectivity index (χ0v) is 16.8. The fourth-order valence-corrected chi connectivity index (χ4v) is 5.65. The van der Waals surface area contributed by atoms with E-state index in [-0.39, 0.29) is 0 Å². The molecule has 0 aromatic heterocycles. The second-order valence-corrected chi connectivity index (χ2v) is 14.3. The molecule has 0 nitrogen and oxygen atoms in total. The summed E-state index contributed by atoms with van der Waals surface area (Å²) >= 11 is 0.574. The average molecular weight is 373 g/mol. The Morgan fingerprint density at radius 1 is 0.955 bits per heavy atom. The van der Waals surface area contributed by atoms with Crippen LogP contribution < -0.4 is 4.46 Å². The predicted octanol–water partition coefficient (Wildman–Crippen LogP) is 5.09. The van der Waals surface area contributed by atoms with Crippen LogP contribution in [0.2, 0.25) is 25.0 Å². The predicted molar refractivity (Wildman–Crippen MR) is 104 cm³/mol. The van der Waals surface area contributed by atoms with Gasteiger partial charge >= 0.3 is 143 Å². The molecule has 0 amide bonds. The van der Waals surface area contributed by atoms with Crippen molar-refractivity contribution in [3.05, 3.63) is 71.4 Å². The first kappa shape index (κ1) is 17.3. The van der Waals surface area contributed by atoms with Crippen molar-refractivity contribution >= 4 is 33.1 Å². The van der Waals surface area contributed by atoms with Gasteiger partial charge in [0, 0.05) is 0 Å². The summed E-state index contributed by atoms with van der Waals surface area (Å²) in [4.78, 5) is 0. The first-order valence-corrected chi connectivity index (χ1v) is 13.6. The number of hydrogen-bond donors (Lipinski definition) is 0. The number of benzene rings is 2. The van der Waals surface area contributed by atoms with Gasteiger partial charge in [0.05, 0.1) is 0 Å². The van der Waals surface area contributed by atoms with Gasteiger partial charge in [0.25, 0.3) is 0 Å². The monoisotopic (exact) mass is 374 g/mol. The molecule has 22 heavy (non-hydrogen) atoms. The van der Waals surface area contributed by atoms with E-state index in [0.717, 1.165) is 0 Å². The molecular weight excluding hydrogens is 347 g/mol. The van der Waals surface area contributed by atoms with Crippen LogP contribution in [0.3, 0.4) is 0 Å². The Balaban J connectivity index is 2.09. The first-order valence-electron chi connectivity index (χ1n) is 7.91. The summed E-state index contributed by atoms with van der Waals surface area (Å²) in [6, 6.07) is 20.0. The Bertz CT molecular complexity index is 606. The van der Waals surface area contributed by atoms with E-state index in [1.165, 1.54) is 27.3 Å². The van der Waals surface area contributed by atoms with Gasteiger partial charge in [0.2, 0.25) is 0 Å². The molecule has 0 saturated heterocycles. The molecule has 0 saturated carbocycles. The Hall–Kier alpha value is -1.08. The van der Waals surface area contributed by atoms with Crippen LogP contribution in [-0.4, -0.2) is 23.0 Å². The van der Waals surface area contributed by atoms with Crippen LogP contribution in [0, 0.1) is 6.92 Å². The SMILES string of the molecule is Cc1ccc(/C(=C\[Si](C)(C)C)CC[Se]c2ccccc2)cc1. The molecule has 0 N–H and O–H groups in total. The molecular formula is C20H26SeSi. The van der Waals surface area contributed by atoms with E-state index in [4.69, 9.17) is 0 Å². The Morgan fingerprint density at radius 3 is 2.18 bits per heavy atom. The normalized spacial score (nSPS) is 12.5. The molecule has 0 radical (unpaired) electrons. The third kappa shape index (κ3) is 5.96. The molecule has 2 rings (SSSR count). The van der Waals surface area contributed by atoms with Gasteiger partial charge in [-0.15, -0.1) is 0 Å². The molecule has 0 unspecified atom stereocenters. The summed E-state index contributed by atoms with van der Waals surface area (Å²) in [5.41, 5.74) is 6.89. The van der Waals surface area contributed by atoms with Crippen LogP contribution >= 0.6 is 0 Å². The number of aryl methyl sites for hydroxylation is 1. The van der Waals surface area contributed by atoms with Crippen molar-refractivity contribution < 1.29 is 0 Å². The second-order valence-electron chi connectivity index (χ2n) is 6.81. The molecule has 0 fully saturated rings. The Morgan fingerprint density at radius 2 is 1.59 bits per heavy atom. The maximum absolute atomic E-state index is 2.58. The van der Waals surface area contributed by atoms with Crippen molar-refractivity contribution in [1.29, 1.82) is 0 Å². The van der Waals surface area contributed by atoms with Gasteiger partial charge in [-0.1, -0.05) is 0 Å². The van der Waals surface area contributed by atoms with Crippen molar-refractivity contribution in [2.75, 3.05) is 0 Å². The van der Waals surface area contributed by atoms with Gasteiger partial charge in [-0.25, -0.2) is 0 Å². The van der Waals surface area contributed by atoms with Crippen LogP contribution in [0.25, 0.3) is 5.57 Å². The van der Waals surface area contributed by atoms with E-state index in [1.807, 2.05) is 0 Å². The van der Waals surface area contributed by atoms with Crippen molar-refractivity contribution in [2.24, 2.45) is 0 Å². The number of hydrogen-bond acceptors (Lipinski definition) is 0. The van der Waals surface area contributed by atoms with E-state index in [2.05, 4.69) is 86.9 Å². The van der Waals surface area contributed by atoms with Crippen LogP contribution in [0.4, 0.5) is 0 Å². The standard InChI is InChI=1S/C20H26SeSi/c1-17-10-12-18(13-11-17)19(16-22(2,3)4)14-15-21-20-8-6-5-7-9-20/h5-13,16H,14-15H2,1-4H3/b19-16-. The average Bonchev–Trinajstić information content (AvgIpc) is 2.47. The molecule has 0 bridgehead atoms. The quantitative estimate of drug-likeness (QED) is 0.619. The van der Waals surface area contributed by atoms with E-state index in [9.17, 15) is 0 Å². The van der Waals surface area contributed by atoms with Crippen molar-refractivity contribution in [3.63, 3.8) is 0 Å². The fraction of sp³-hybridized carbons (Fsp3) is 0.300. The molecule has 0 aliphatic heterocycles. The van der Waals surface area contributed by atoms with Crippen LogP contribution in [0.5, 0.6) is 0 Å². The van der Waals surface area contributed by atoms with Gasteiger partial charge in [0.15, 0.2) is 0 Å². The van der Waals surface area contributed by atoms with Crippen LogP contribution in [0.1, 0.15) is 17.5 Å². The molecule has 0 spiro atoms. The zero-order valence-electron chi connectivity index (χ0n) is 14.1. The summed E-state index contributed by atoms with van der Waals surface area (Å²) in [6.07, 6.45) is 1.20. The molecule has 2 heteroatoms. The third-order valence-corrected chi connectivity index (χ3v) is 6.75. The Labute approximate surface area is 142 Å². The second kappa shape index (κ2) is 7.96. The van der Waals surface area contributed by atoms with Gasteiger partial charge < -0.3 is 0 Å². The molecule has 2 aromatic carbocycles. The summed E-state index contributed by atoms with van der Waals surface area (Å²) < 4.78 is 1.51. The number of allylic oxidation sites excluding steroid dienone is 1. The minimum atomic E-state index is -1.20. The summed E-state index contributed by atoms with van der Waals surface area (Å²) in [7, 11) is -1.20. The topological polar surface area (TPSA) is 0 Å². The first-order chi connectivity index (χ1) is 10.4. The molecule has 0 atom stereocenters. The van der Waals surface area contributed by atoms with Gasteiger partial charge in [-0.2, -0.15) is 0 Å². The van der Waals surface area contributed by atoms with E-state index in [1.54, 1.807) is 5.57 Å². The van der Waals surface area contributed by atoms with Crippen molar-refractivity contribution in [1.82, 2.24) is 0 Å². The molecule has 2 aromatic rings. The molecule has 0 aliphatic rings. The van der Waals surface area contributed by atoms with E-state index < -0.39 is 8.07 Å². The minimum absolute atomic E-state index is 0.574. The van der Waals surface area contributed by atoms with Crippen LogP contribution in [-0.2, 0) is 0 Å². The van der Waals surface area contributed by atoms with Crippen molar-refractivity contribution in [3.8, 4) is 0 Å².